The van der Waals surface area contributed by atoms with Crippen LogP contribution >= 0.6 is 0 Å². The lowest BCUT2D eigenvalue weighted by atomic mass is 10.0. The molecular formula is C15H13N3O2. The van der Waals surface area contributed by atoms with E-state index in [4.69, 9.17) is 5.11 Å². The molecular weight excluding hydrogens is 254 g/mol. The van der Waals surface area contributed by atoms with Crippen molar-refractivity contribution in [3.63, 3.8) is 0 Å². The average molecular weight is 267 g/mol. The van der Waals surface area contributed by atoms with Gasteiger partial charge in [-0.1, -0.05) is 12.1 Å². The minimum Gasteiger partial charge on any atom is -0.477 e. The van der Waals surface area contributed by atoms with Crippen molar-refractivity contribution in [2.45, 2.75) is 13.8 Å². The Balaban J connectivity index is 2.30. The summed E-state index contributed by atoms with van der Waals surface area (Å²) in [5.74, 6) is -1.04. The maximum absolute atomic E-state index is 11.2. The molecule has 0 unspecified atom stereocenters. The molecule has 0 fully saturated rings. The van der Waals surface area contributed by atoms with E-state index in [1.54, 1.807) is 22.8 Å². The van der Waals surface area contributed by atoms with Crippen LogP contribution < -0.4 is 0 Å². The summed E-state index contributed by atoms with van der Waals surface area (Å²) in [6.45, 7) is 4.07. The topological polar surface area (TPSA) is 67.5 Å². The average Bonchev–Trinajstić information content (AvgIpc) is 2.89. The molecule has 20 heavy (non-hydrogen) atoms. The molecule has 0 atom stereocenters. The van der Waals surface area contributed by atoms with Gasteiger partial charge in [0.1, 0.15) is 0 Å². The van der Waals surface area contributed by atoms with Gasteiger partial charge < -0.3 is 5.11 Å². The predicted molar refractivity (Wildman–Crippen MR) is 74.9 cm³/mol. The number of rotatable bonds is 2. The third-order valence-corrected chi connectivity index (χ3v) is 3.38. The van der Waals surface area contributed by atoms with E-state index in [-0.39, 0.29) is 5.69 Å². The molecule has 1 aromatic carbocycles. The summed E-state index contributed by atoms with van der Waals surface area (Å²) in [5, 5.41) is 13.4. The van der Waals surface area contributed by atoms with Crippen molar-refractivity contribution in [3.05, 3.63) is 53.3 Å². The fourth-order valence-corrected chi connectivity index (χ4v) is 2.13. The molecule has 0 saturated carbocycles. The van der Waals surface area contributed by atoms with Gasteiger partial charge in [0, 0.05) is 11.6 Å². The summed E-state index contributed by atoms with van der Waals surface area (Å²) in [4.78, 5) is 15.2. The molecule has 2 heterocycles. The maximum Gasteiger partial charge on any atom is 0.354 e. The van der Waals surface area contributed by atoms with Crippen LogP contribution in [-0.4, -0.2) is 25.7 Å². The van der Waals surface area contributed by atoms with Crippen molar-refractivity contribution in [1.29, 1.82) is 0 Å². The number of carbonyl (C=O) groups is 1. The zero-order chi connectivity index (χ0) is 14.3. The summed E-state index contributed by atoms with van der Waals surface area (Å²) in [6, 6.07) is 9.24. The van der Waals surface area contributed by atoms with E-state index in [2.05, 4.69) is 10.1 Å². The number of carboxylic acids is 1. The van der Waals surface area contributed by atoms with Gasteiger partial charge in [0.15, 0.2) is 11.3 Å². The number of aryl methyl sites for hydroxylation is 2. The van der Waals surface area contributed by atoms with Gasteiger partial charge in [0.05, 0.1) is 11.9 Å². The first-order chi connectivity index (χ1) is 9.56. The predicted octanol–water partition coefficient (Wildman–Crippen LogP) is 2.71. The van der Waals surface area contributed by atoms with Gasteiger partial charge in [-0.15, -0.1) is 0 Å². The Bertz CT molecular complexity index is 821. The van der Waals surface area contributed by atoms with Gasteiger partial charge in [0.25, 0.3) is 0 Å². The van der Waals surface area contributed by atoms with Gasteiger partial charge in [-0.3, -0.25) is 0 Å². The summed E-state index contributed by atoms with van der Waals surface area (Å²) in [7, 11) is 0. The van der Waals surface area contributed by atoms with Crippen LogP contribution in [0.5, 0.6) is 0 Å². The van der Waals surface area contributed by atoms with E-state index in [9.17, 15) is 4.79 Å². The van der Waals surface area contributed by atoms with E-state index in [1.165, 1.54) is 5.56 Å². The van der Waals surface area contributed by atoms with Gasteiger partial charge in [-0.05, 0) is 37.1 Å². The largest absolute Gasteiger partial charge is 0.477 e. The smallest absolute Gasteiger partial charge is 0.354 e. The molecule has 5 nitrogen and oxygen atoms in total. The van der Waals surface area contributed by atoms with Crippen LogP contribution in [0, 0.1) is 13.8 Å². The van der Waals surface area contributed by atoms with E-state index >= 15 is 0 Å². The van der Waals surface area contributed by atoms with Crippen LogP contribution in [0.4, 0.5) is 0 Å². The van der Waals surface area contributed by atoms with Gasteiger partial charge >= 0.3 is 5.97 Å². The molecule has 0 saturated heterocycles. The second-order valence-electron chi connectivity index (χ2n) is 4.73. The SMILES string of the molecule is Cc1ccc(-c2cc(C(=O)O)nc3ccnn23)cc1C. The zero-order valence-electron chi connectivity index (χ0n) is 11.2. The first-order valence-electron chi connectivity index (χ1n) is 6.22. The highest BCUT2D eigenvalue weighted by atomic mass is 16.4. The Morgan fingerprint density at radius 1 is 1.15 bits per heavy atom. The van der Waals surface area contributed by atoms with Crippen LogP contribution in [0.1, 0.15) is 21.6 Å². The Morgan fingerprint density at radius 3 is 2.65 bits per heavy atom. The van der Waals surface area contributed by atoms with E-state index in [0.29, 0.717) is 5.65 Å². The van der Waals surface area contributed by atoms with Crippen LogP contribution in [-0.2, 0) is 0 Å². The van der Waals surface area contributed by atoms with Crippen LogP contribution in [0.15, 0.2) is 36.5 Å². The first-order valence-corrected chi connectivity index (χ1v) is 6.22. The molecule has 0 spiro atoms. The lowest BCUT2D eigenvalue weighted by Gasteiger charge is -2.08. The summed E-state index contributed by atoms with van der Waals surface area (Å²) < 4.78 is 1.65. The van der Waals surface area contributed by atoms with Crippen molar-refractivity contribution in [2.24, 2.45) is 0 Å². The van der Waals surface area contributed by atoms with E-state index < -0.39 is 5.97 Å². The molecule has 100 valence electrons. The Labute approximate surface area is 115 Å². The fraction of sp³-hybridized carbons (Fsp3) is 0.133. The summed E-state index contributed by atoms with van der Waals surface area (Å²) in [5.41, 5.74) is 4.53. The minimum absolute atomic E-state index is 0.0197. The number of aromatic nitrogens is 3. The third kappa shape index (κ3) is 1.93. The normalized spacial score (nSPS) is 10.9. The van der Waals surface area contributed by atoms with Crippen molar-refractivity contribution >= 4 is 11.6 Å². The summed E-state index contributed by atoms with van der Waals surface area (Å²) >= 11 is 0. The van der Waals surface area contributed by atoms with Crippen molar-refractivity contribution in [1.82, 2.24) is 14.6 Å². The number of hydrogen-bond donors (Lipinski definition) is 1. The second-order valence-corrected chi connectivity index (χ2v) is 4.73. The first kappa shape index (κ1) is 12.3. The van der Waals surface area contributed by atoms with E-state index in [1.807, 2.05) is 32.0 Å². The zero-order valence-corrected chi connectivity index (χ0v) is 11.2. The number of nitrogens with zero attached hydrogens (tertiary/aromatic N) is 3. The molecule has 3 aromatic rings. The lowest BCUT2D eigenvalue weighted by Crippen LogP contribution is -2.05. The Hall–Kier alpha value is -2.69. The standard InChI is InChI=1S/C15H13N3O2/c1-9-3-4-11(7-10(9)2)13-8-12(15(19)20)17-14-5-6-16-18(13)14/h3-8H,1-2H3,(H,19,20). The molecule has 0 radical (unpaired) electrons. The number of aromatic carboxylic acids is 1. The quantitative estimate of drug-likeness (QED) is 0.775. The highest BCUT2D eigenvalue weighted by molar-refractivity contribution is 5.87. The highest BCUT2D eigenvalue weighted by Crippen LogP contribution is 2.23. The van der Waals surface area contributed by atoms with Crippen molar-refractivity contribution in [3.8, 4) is 11.3 Å². The molecule has 0 bridgehead atoms. The lowest BCUT2D eigenvalue weighted by molar-refractivity contribution is 0.0690. The molecule has 0 aliphatic heterocycles. The number of fused-ring (bicyclic) bond motifs is 1. The molecule has 2 aromatic heterocycles. The fourth-order valence-electron chi connectivity index (χ4n) is 2.13. The van der Waals surface area contributed by atoms with Gasteiger partial charge in [0.2, 0.25) is 0 Å². The molecule has 0 aliphatic carbocycles. The molecule has 0 aliphatic rings. The second kappa shape index (κ2) is 4.45. The molecule has 5 heteroatoms. The number of hydrogen-bond acceptors (Lipinski definition) is 3. The van der Waals surface area contributed by atoms with Crippen LogP contribution in [0.2, 0.25) is 0 Å². The van der Waals surface area contributed by atoms with Crippen molar-refractivity contribution in [2.75, 3.05) is 0 Å². The van der Waals surface area contributed by atoms with Crippen LogP contribution in [0.25, 0.3) is 16.9 Å². The highest BCUT2D eigenvalue weighted by Gasteiger charge is 2.13. The molecule has 1 N–H and O–H groups in total. The van der Waals surface area contributed by atoms with Crippen molar-refractivity contribution < 1.29 is 9.90 Å². The Kier molecular flexibility index (Phi) is 2.75. The monoisotopic (exact) mass is 267 g/mol. The summed E-state index contributed by atoms with van der Waals surface area (Å²) in [6.07, 6.45) is 1.61. The third-order valence-electron chi connectivity index (χ3n) is 3.38. The van der Waals surface area contributed by atoms with Crippen LogP contribution in [0.3, 0.4) is 0 Å². The van der Waals surface area contributed by atoms with E-state index in [0.717, 1.165) is 16.8 Å². The van der Waals surface area contributed by atoms with Gasteiger partial charge in [-0.2, -0.15) is 5.10 Å². The Morgan fingerprint density at radius 2 is 1.95 bits per heavy atom. The maximum atomic E-state index is 11.2. The minimum atomic E-state index is -1.04. The molecule has 3 rings (SSSR count). The number of benzene rings is 1. The number of carboxylic acid groups (broad SMARTS) is 1. The molecule has 0 amide bonds. The van der Waals surface area contributed by atoms with Gasteiger partial charge in [-0.25, -0.2) is 14.3 Å².